The predicted molar refractivity (Wildman–Crippen MR) is 107 cm³/mol. The van der Waals surface area contributed by atoms with E-state index >= 15 is 0 Å². The third-order valence-corrected chi connectivity index (χ3v) is 6.99. The summed E-state index contributed by atoms with van der Waals surface area (Å²) in [6.07, 6.45) is -1.68. The van der Waals surface area contributed by atoms with Crippen molar-refractivity contribution in [1.82, 2.24) is 14.5 Å². The van der Waals surface area contributed by atoms with Crippen LogP contribution >= 0.6 is 0 Å². The molecule has 2 aromatic rings. The van der Waals surface area contributed by atoms with Crippen LogP contribution in [0.3, 0.4) is 0 Å². The van der Waals surface area contributed by atoms with Gasteiger partial charge in [-0.2, -0.15) is 17.5 Å². The topological polar surface area (TPSA) is 82.9 Å². The molecular weight excluding hydrogens is 435 g/mol. The Morgan fingerprint density at radius 1 is 1.16 bits per heavy atom. The van der Waals surface area contributed by atoms with Crippen LogP contribution in [0, 0.1) is 0 Å². The first-order valence-electron chi connectivity index (χ1n) is 9.82. The summed E-state index contributed by atoms with van der Waals surface area (Å²) in [4.78, 5) is 13.5. The highest BCUT2D eigenvalue weighted by Crippen LogP contribution is 2.31. The smallest absolute Gasteiger partial charge is 0.416 e. The Kier molecular flexibility index (Phi) is 6.95. The maximum atomic E-state index is 12.9. The lowest BCUT2D eigenvalue weighted by molar-refractivity contribution is -0.137. The number of alkyl halides is 3. The molecule has 1 aliphatic heterocycles. The molecule has 170 valence electrons. The van der Waals surface area contributed by atoms with E-state index in [-0.39, 0.29) is 38.3 Å². The molecule has 2 amide bonds. The van der Waals surface area contributed by atoms with Gasteiger partial charge in [0.1, 0.15) is 5.76 Å². The van der Waals surface area contributed by atoms with Crippen LogP contribution in [0.4, 0.5) is 18.0 Å². The van der Waals surface area contributed by atoms with Crippen LogP contribution in [0.5, 0.6) is 0 Å². The second kappa shape index (κ2) is 9.31. The minimum Gasteiger partial charge on any atom is -0.469 e. The molecule has 0 radical (unpaired) electrons. The number of nitrogens with one attached hydrogen (secondary N) is 1. The van der Waals surface area contributed by atoms with Crippen LogP contribution < -0.4 is 5.32 Å². The first-order valence-corrected chi connectivity index (χ1v) is 11.3. The van der Waals surface area contributed by atoms with Gasteiger partial charge in [-0.25, -0.2) is 13.2 Å². The third-order valence-electron chi connectivity index (χ3n) is 5.10. The maximum Gasteiger partial charge on any atom is 0.416 e. The zero-order valence-electron chi connectivity index (χ0n) is 16.9. The summed E-state index contributed by atoms with van der Waals surface area (Å²) in [5, 5.41) is 2.87. The zero-order chi connectivity index (χ0) is 22.6. The van der Waals surface area contributed by atoms with Gasteiger partial charge in [0, 0.05) is 38.6 Å². The molecule has 0 aliphatic carbocycles. The summed E-state index contributed by atoms with van der Waals surface area (Å²) in [6, 6.07) is 6.93. The van der Waals surface area contributed by atoms with Crippen LogP contribution in [-0.2, 0) is 22.6 Å². The van der Waals surface area contributed by atoms with Crippen molar-refractivity contribution in [2.75, 3.05) is 26.2 Å². The summed E-state index contributed by atoms with van der Waals surface area (Å²) >= 11 is 0. The number of urea groups is 1. The van der Waals surface area contributed by atoms with Gasteiger partial charge in [-0.3, -0.25) is 0 Å². The fourth-order valence-corrected chi connectivity index (χ4v) is 4.77. The third kappa shape index (κ3) is 5.79. The van der Waals surface area contributed by atoms with Crippen molar-refractivity contribution in [2.24, 2.45) is 0 Å². The molecule has 1 N–H and O–H groups in total. The SMILES string of the molecule is CC(CCc1ccco1)NC(=O)N1CCN(S(=O)(=O)c2cccc(C(F)(F)F)c2)CC1. The molecule has 0 spiro atoms. The van der Waals surface area contributed by atoms with E-state index in [1.165, 1.54) is 4.90 Å². The summed E-state index contributed by atoms with van der Waals surface area (Å²) in [5.41, 5.74) is -1.02. The van der Waals surface area contributed by atoms with Crippen LogP contribution in [-0.4, -0.2) is 55.9 Å². The molecule has 1 unspecified atom stereocenters. The van der Waals surface area contributed by atoms with Gasteiger partial charge < -0.3 is 14.6 Å². The average Bonchev–Trinajstić information content (AvgIpc) is 3.25. The highest BCUT2D eigenvalue weighted by Gasteiger charge is 2.34. The summed E-state index contributed by atoms with van der Waals surface area (Å²) in [5.74, 6) is 0.828. The Morgan fingerprint density at radius 3 is 2.48 bits per heavy atom. The second-order valence-corrected chi connectivity index (χ2v) is 9.32. The first kappa shape index (κ1) is 23.1. The number of benzene rings is 1. The number of nitrogens with zero attached hydrogens (tertiary/aromatic N) is 2. The van der Waals surface area contributed by atoms with E-state index in [4.69, 9.17) is 4.42 Å². The van der Waals surface area contributed by atoms with Gasteiger partial charge in [0.25, 0.3) is 0 Å². The molecule has 0 saturated carbocycles. The van der Waals surface area contributed by atoms with Gasteiger partial charge >= 0.3 is 12.2 Å². The quantitative estimate of drug-likeness (QED) is 0.718. The Balaban J connectivity index is 1.54. The molecule has 1 aliphatic rings. The molecule has 1 fully saturated rings. The van der Waals surface area contributed by atoms with E-state index in [1.807, 2.05) is 13.0 Å². The number of carbonyl (C=O) groups excluding carboxylic acids is 1. The van der Waals surface area contributed by atoms with Crippen molar-refractivity contribution in [2.45, 2.75) is 36.9 Å². The lowest BCUT2D eigenvalue weighted by Gasteiger charge is -2.34. The number of halogens is 3. The Bertz CT molecular complexity index is 985. The van der Waals surface area contributed by atoms with Crippen LogP contribution in [0.1, 0.15) is 24.7 Å². The Hall–Kier alpha value is -2.53. The van der Waals surface area contributed by atoms with Crippen molar-refractivity contribution in [3.63, 3.8) is 0 Å². The molecule has 7 nitrogen and oxygen atoms in total. The summed E-state index contributed by atoms with van der Waals surface area (Å²) in [7, 11) is -4.09. The van der Waals surface area contributed by atoms with Gasteiger partial charge in [0.15, 0.2) is 0 Å². The minimum absolute atomic E-state index is 0.00672. The fourth-order valence-electron chi connectivity index (χ4n) is 3.30. The number of aryl methyl sites for hydroxylation is 1. The Morgan fingerprint density at radius 2 is 1.87 bits per heavy atom. The number of amides is 2. The number of carbonyl (C=O) groups is 1. The molecule has 31 heavy (non-hydrogen) atoms. The maximum absolute atomic E-state index is 12.9. The second-order valence-electron chi connectivity index (χ2n) is 7.39. The molecule has 0 bridgehead atoms. The Labute approximate surface area is 178 Å². The molecule has 1 aromatic carbocycles. The van der Waals surface area contributed by atoms with E-state index in [2.05, 4.69) is 5.32 Å². The standard InChI is InChI=1S/C20H24F3N3O4S/c1-15(7-8-17-5-3-13-30-17)24-19(27)25-9-11-26(12-10-25)31(28,29)18-6-2-4-16(14-18)20(21,22)23/h2-6,13-15H,7-12H2,1H3,(H,24,27). The van der Waals surface area contributed by atoms with E-state index < -0.39 is 26.7 Å². The molecule has 1 atom stereocenters. The van der Waals surface area contributed by atoms with E-state index in [9.17, 15) is 26.4 Å². The number of sulfonamides is 1. The highest BCUT2D eigenvalue weighted by molar-refractivity contribution is 7.89. The predicted octanol–water partition coefficient (Wildman–Crippen LogP) is 3.34. The van der Waals surface area contributed by atoms with Crippen molar-refractivity contribution >= 4 is 16.1 Å². The van der Waals surface area contributed by atoms with Crippen molar-refractivity contribution in [3.05, 3.63) is 54.0 Å². The van der Waals surface area contributed by atoms with Crippen molar-refractivity contribution in [3.8, 4) is 0 Å². The fraction of sp³-hybridized carbons (Fsp3) is 0.450. The lowest BCUT2D eigenvalue weighted by Crippen LogP contribution is -2.54. The van der Waals surface area contributed by atoms with Crippen molar-refractivity contribution < 1.29 is 30.8 Å². The van der Waals surface area contributed by atoms with E-state index in [0.717, 1.165) is 28.3 Å². The van der Waals surface area contributed by atoms with Gasteiger partial charge in [0.2, 0.25) is 10.0 Å². The number of hydrogen-bond acceptors (Lipinski definition) is 4. The molecule has 1 saturated heterocycles. The lowest BCUT2D eigenvalue weighted by atomic mass is 10.1. The number of furan rings is 1. The normalized spacial score (nSPS) is 16.8. The van der Waals surface area contributed by atoms with Crippen LogP contribution in [0.2, 0.25) is 0 Å². The molecule has 3 rings (SSSR count). The van der Waals surface area contributed by atoms with Crippen LogP contribution in [0.15, 0.2) is 52.0 Å². The summed E-state index contributed by atoms with van der Waals surface area (Å²) in [6.45, 7) is 2.18. The molecule has 11 heteroatoms. The largest absolute Gasteiger partial charge is 0.469 e. The van der Waals surface area contributed by atoms with E-state index in [1.54, 1.807) is 12.3 Å². The van der Waals surface area contributed by atoms with Crippen molar-refractivity contribution in [1.29, 1.82) is 0 Å². The van der Waals surface area contributed by atoms with Crippen LogP contribution in [0.25, 0.3) is 0 Å². The van der Waals surface area contributed by atoms with Gasteiger partial charge in [-0.05, 0) is 43.7 Å². The average molecular weight is 459 g/mol. The number of piperazine rings is 1. The summed E-state index contributed by atoms with van der Waals surface area (Å²) < 4.78 is 70.6. The number of rotatable bonds is 6. The first-order chi connectivity index (χ1) is 14.6. The monoisotopic (exact) mass is 459 g/mol. The number of hydrogen-bond donors (Lipinski definition) is 1. The van der Waals surface area contributed by atoms with Gasteiger partial charge in [-0.1, -0.05) is 6.07 Å². The molecular formula is C20H24F3N3O4S. The molecule has 2 heterocycles. The zero-order valence-corrected chi connectivity index (χ0v) is 17.7. The van der Waals surface area contributed by atoms with E-state index in [0.29, 0.717) is 18.9 Å². The molecule has 1 aromatic heterocycles. The van der Waals surface area contributed by atoms with Gasteiger partial charge in [-0.15, -0.1) is 0 Å². The van der Waals surface area contributed by atoms with Gasteiger partial charge in [0.05, 0.1) is 16.7 Å². The minimum atomic E-state index is -4.63. The highest BCUT2D eigenvalue weighted by atomic mass is 32.2.